The van der Waals surface area contributed by atoms with Gasteiger partial charge in [0, 0.05) is 11.8 Å². The molecule has 1 heterocycles. The Morgan fingerprint density at radius 1 is 1.30 bits per heavy atom. The molecule has 27 heavy (non-hydrogen) atoms. The molecule has 0 aliphatic heterocycles. The Kier molecular flexibility index (Phi) is 5.68. The molecule has 0 spiro atoms. The van der Waals surface area contributed by atoms with Gasteiger partial charge in [0.15, 0.2) is 22.5 Å². The molecule has 2 fully saturated rings. The number of rotatable bonds is 8. The number of benzene rings is 1. The van der Waals surface area contributed by atoms with Crippen molar-refractivity contribution < 1.29 is 14.2 Å². The van der Waals surface area contributed by atoms with Crippen molar-refractivity contribution in [2.45, 2.75) is 50.4 Å². The maximum Gasteiger partial charge on any atom is 0.191 e. The molecular weight excluding hydrogens is 365 g/mol. The normalized spacial score (nSPS) is 25.1. The number of aromatic nitrogens is 3. The predicted octanol–water partition coefficient (Wildman–Crippen LogP) is 4.08. The van der Waals surface area contributed by atoms with Crippen LogP contribution in [0.1, 0.15) is 44.5 Å². The highest BCUT2D eigenvalue weighted by Crippen LogP contribution is 2.52. The zero-order valence-corrected chi connectivity index (χ0v) is 16.4. The zero-order chi connectivity index (χ0) is 18.8. The van der Waals surface area contributed by atoms with Gasteiger partial charge < -0.3 is 9.84 Å². The minimum atomic E-state index is -0.375. The highest BCUT2D eigenvalue weighted by molar-refractivity contribution is 7.99. The van der Waals surface area contributed by atoms with Gasteiger partial charge in [-0.15, -0.1) is 10.2 Å². The predicted molar refractivity (Wildman–Crippen MR) is 102 cm³/mol. The summed E-state index contributed by atoms with van der Waals surface area (Å²) in [4.78, 5) is 0. The maximum atomic E-state index is 13.9. The van der Waals surface area contributed by atoms with E-state index in [4.69, 9.17) is 4.74 Å². The number of nitrogens with zero attached hydrogens (tertiary/aromatic N) is 3. The molecule has 2 saturated carbocycles. The van der Waals surface area contributed by atoms with Crippen molar-refractivity contribution in [2.24, 2.45) is 17.8 Å². The topological polar surface area (TPSA) is 60.2 Å². The number of thioether (sulfide) groups is 1. The van der Waals surface area contributed by atoms with E-state index in [1.807, 2.05) is 0 Å². The molecule has 4 atom stereocenters. The van der Waals surface area contributed by atoms with Gasteiger partial charge in [-0.2, -0.15) is 0 Å². The van der Waals surface area contributed by atoms with Crippen LogP contribution in [-0.4, -0.2) is 32.2 Å². The third-order valence-electron chi connectivity index (χ3n) is 6.07. The molecule has 2 bridgehead atoms. The smallest absolute Gasteiger partial charge is 0.191 e. The monoisotopic (exact) mass is 391 g/mol. The lowest BCUT2D eigenvalue weighted by atomic mass is 9.84. The molecule has 1 aromatic heterocycles. The lowest BCUT2D eigenvalue weighted by Crippen LogP contribution is -2.24. The minimum absolute atomic E-state index is 0.0983. The molecule has 2 aromatic rings. The second-order valence-electron chi connectivity index (χ2n) is 7.64. The van der Waals surface area contributed by atoms with E-state index < -0.39 is 0 Å². The summed E-state index contributed by atoms with van der Waals surface area (Å²) in [5.41, 5.74) is 0. The van der Waals surface area contributed by atoms with Crippen LogP contribution in [0.25, 0.3) is 0 Å². The third-order valence-corrected chi connectivity index (χ3v) is 6.99. The Labute approximate surface area is 163 Å². The maximum absolute atomic E-state index is 13.9. The van der Waals surface area contributed by atoms with Crippen molar-refractivity contribution in [2.75, 3.05) is 12.4 Å². The van der Waals surface area contributed by atoms with E-state index in [2.05, 4.69) is 21.7 Å². The van der Waals surface area contributed by atoms with Crippen molar-refractivity contribution in [1.82, 2.24) is 14.8 Å². The molecule has 2 aliphatic rings. The molecule has 2 aliphatic carbocycles. The van der Waals surface area contributed by atoms with Gasteiger partial charge in [-0.3, -0.25) is 4.57 Å². The van der Waals surface area contributed by atoms with Crippen molar-refractivity contribution in [3.63, 3.8) is 0 Å². The largest absolute Gasteiger partial charge is 0.483 e. The molecular formula is C20H26FN3O2S. The number of aliphatic hydroxyl groups excluding tert-OH is 1. The first kappa shape index (κ1) is 18.7. The molecule has 0 amide bonds. The summed E-state index contributed by atoms with van der Waals surface area (Å²) in [6.45, 7) is 2.52. The van der Waals surface area contributed by atoms with Crippen LogP contribution in [0.2, 0.25) is 0 Å². The SMILES string of the molecule is C[C@@H]([C@H]1C[C@H]2CC[C@H]1C2)n1c(COc2ccccc2F)nnc1SCCO. The number of halogens is 1. The van der Waals surface area contributed by atoms with E-state index in [1.165, 1.54) is 43.5 Å². The summed E-state index contributed by atoms with van der Waals surface area (Å²) in [5, 5.41) is 18.7. The Hall–Kier alpha value is -1.60. The summed E-state index contributed by atoms with van der Waals surface area (Å²) >= 11 is 1.51. The van der Waals surface area contributed by atoms with Crippen LogP contribution in [-0.2, 0) is 6.61 Å². The van der Waals surface area contributed by atoms with Crippen molar-refractivity contribution in [3.05, 3.63) is 35.9 Å². The fraction of sp³-hybridized carbons (Fsp3) is 0.600. The average molecular weight is 392 g/mol. The van der Waals surface area contributed by atoms with Gasteiger partial charge in [0.1, 0.15) is 6.61 Å². The average Bonchev–Trinajstić information content (AvgIpc) is 3.40. The first-order valence-corrected chi connectivity index (χ1v) is 10.7. The first-order chi connectivity index (χ1) is 13.2. The fourth-order valence-corrected chi connectivity index (χ4v) is 5.61. The van der Waals surface area contributed by atoms with Gasteiger partial charge in [0.2, 0.25) is 0 Å². The number of aliphatic hydroxyl groups is 1. The summed E-state index contributed by atoms with van der Waals surface area (Å²) < 4.78 is 21.7. The van der Waals surface area contributed by atoms with Crippen molar-refractivity contribution >= 4 is 11.8 Å². The Balaban J connectivity index is 1.55. The summed E-state index contributed by atoms with van der Waals surface area (Å²) in [5.74, 6) is 3.42. The molecule has 4 rings (SSSR count). The second kappa shape index (κ2) is 8.19. The number of fused-ring (bicyclic) bond motifs is 2. The molecule has 7 heteroatoms. The van der Waals surface area contributed by atoms with Crippen molar-refractivity contribution in [3.8, 4) is 5.75 Å². The van der Waals surface area contributed by atoms with Crippen LogP contribution in [0.4, 0.5) is 4.39 Å². The van der Waals surface area contributed by atoms with E-state index >= 15 is 0 Å². The van der Waals surface area contributed by atoms with Crippen LogP contribution in [0.15, 0.2) is 29.4 Å². The van der Waals surface area contributed by atoms with Gasteiger partial charge >= 0.3 is 0 Å². The van der Waals surface area contributed by atoms with E-state index in [0.29, 0.717) is 17.5 Å². The molecule has 146 valence electrons. The Morgan fingerprint density at radius 3 is 2.85 bits per heavy atom. The van der Waals surface area contributed by atoms with Crippen LogP contribution in [0.3, 0.4) is 0 Å². The lowest BCUT2D eigenvalue weighted by molar-refractivity contribution is 0.215. The molecule has 1 N–H and O–H groups in total. The van der Waals surface area contributed by atoms with Gasteiger partial charge in [-0.25, -0.2) is 4.39 Å². The van der Waals surface area contributed by atoms with E-state index in [1.54, 1.807) is 18.2 Å². The van der Waals surface area contributed by atoms with E-state index in [0.717, 1.165) is 17.0 Å². The lowest BCUT2D eigenvalue weighted by Gasteiger charge is -2.30. The Bertz CT molecular complexity index is 784. The molecule has 0 saturated heterocycles. The summed E-state index contributed by atoms with van der Waals surface area (Å²) in [6, 6.07) is 6.68. The fourth-order valence-electron chi connectivity index (χ4n) is 4.83. The molecule has 1 aromatic carbocycles. The first-order valence-electron chi connectivity index (χ1n) is 9.72. The molecule has 0 unspecified atom stereocenters. The summed E-state index contributed by atoms with van der Waals surface area (Å²) in [7, 11) is 0. The quantitative estimate of drug-likeness (QED) is 0.687. The Morgan fingerprint density at radius 2 is 2.15 bits per heavy atom. The molecule has 0 radical (unpaired) electrons. The third kappa shape index (κ3) is 3.85. The van der Waals surface area contributed by atoms with Crippen LogP contribution >= 0.6 is 11.8 Å². The second-order valence-corrected chi connectivity index (χ2v) is 8.70. The van der Waals surface area contributed by atoms with E-state index in [9.17, 15) is 9.50 Å². The number of para-hydroxylation sites is 1. The van der Waals surface area contributed by atoms with Crippen LogP contribution in [0.5, 0.6) is 5.75 Å². The van der Waals surface area contributed by atoms with Crippen molar-refractivity contribution in [1.29, 1.82) is 0 Å². The van der Waals surface area contributed by atoms with Gasteiger partial charge in [0.25, 0.3) is 0 Å². The van der Waals surface area contributed by atoms with Crippen LogP contribution < -0.4 is 4.74 Å². The molecule has 5 nitrogen and oxygen atoms in total. The highest BCUT2D eigenvalue weighted by Gasteiger charge is 2.43. The highest BCUT2D eigenvalue weighted by atomic mass is 32.2. The van der Waals surface area contributed by atoms with Gasteiger partial charge in [-0.05, 0) is 56.1 Å². The van der Waals surface area contributed by atoms with Gasteiger partial charge in [0.05, 0.1) is 6.61 Å². The number of hydrogen-bond donors (Lipinski definition) is 1. The van der Waals surface area contributed by atoms with Gasteiger partial charge in [-0.1, -0.05) is 30.3 Å². The minimum Gasteiger partial charge on any atom is -0.483 e. The van der Waals surface area contributed by atoms with Crippen LogP contribution in [0, 0.1) is 23.6 Å². The van der Waals surface area contributed by atoms with E-state index in [-0.39, 0.29) is 30.8 Å². The standard InChI is InChI=1S/C20H26FN3O2S/c1-13(16-11-14-6-7-15(16)10-14)24-19(22-23-20(24)27-9-8-25)12-26-18-5-3-2-4-17(18)21/h2-5,13-16,25H,6-12H2,1H3/t13-,14-,15-,16+/m0/s1. The number of hydrogen-bond acceptors (Lipinski definition) is 5. The summed E-state index contributed by atoms with van der Waals surface area (Å²) in [6.07, 6.45) is 5.30. The zero-order valence-electron chi connectivity index (χ0n) is 15.6. The number of ether oxygens (including phenoxy) is 1.